The number of hydrogen-bond acceptors (Lipinski definition) is 4. The fourth-order valence-corrected chi connectivity index (χ4v) is 2.38. The Bertz CT molecular complexity index is 727. The minimum Gasteiger partial charge on any atom is -0.486 e. The third-order valence-corrected chi connectivity index (χ3v) is 3.65. The van der Waals surface area contributed by atoms with Gasteiger partial charge in [0.15, 0.2) is 11.5 Å². The molecule has 1 atom stereocenters. The lowest BCUT2D eigenvalue weighted by atomic mass is 10.1. The molecule has 1 aliphatic rings. The maximum atomic E-state index is 11.8. The smallest absolute Gasteiger partial charge is 0.244 e. The average Bonchev–Trinajstić information content (AvgIpc) is 2.65. The lowest BCUT2D eigenvalue weighted by Gasteiger charge is -2.20. The summed E-state index contributed by atoms with van der Waals surface area (Å²) in [6.07, 6.45) is 2.37. The molecule has 5 nitrogen and oxygen atoms in total. The lowest BCUT2D eigenvalue weighted by Crippen LogP contribution is -2.26. The van der Waals surface area contributed by atoms with Crippen LogP contribution in [0, 0.1) is 0 Å². The van der Waals surface area contributed by atoms with Gasteiger partial charge in [0.25, 0.3) is 0 Å². The van der Waals surface area contributed by atoms with Gasteiger partial charge in [-0.25, -0.2) is 0 Å². The number of rotatable bonds is 5. The molecular formula is C19H19NO4. The second-order valence-corrected chi connectivity index (χ2v) is 5.41. The molecule has 24 heavy (non-hydrogen) atoms. The van der Waals surface area contributed by atoms with E-state index in [4.69, 9.17) is 9.47 Å². The van der Waals surface area contributed by atoms with Gasteiger partial charge in [0.2, 0.25) is 5.91 Å². The summed E-state index contributed by atoms with van der Waals surface area (Å²) in [5.41, 5.74) is 1.62. The number of ether oxygens (including phenoxy) is 2. The van der Waals surface area contributed by atoms with Crippen LogP contribution in [-0.2, 0) is 4.79 Å². The second kappa shape index (κ2) is 7.66. The summed E-state index contributed by atoms with van der Waals surface area (Å²) in [7, 11) is 0. The SMILES string of the molecule is O=C(/C=C/c1ccccc1)NCC(O)c1ccc2c(c1)OCCO2. The Balaban J connectivity index is 1.54. The van der Waals surface area contributed by atoms with E-state index in [1.807, 2.05) is 30.3 Å². The number of aliphatic hydroxyl groups is 1. The summed E-state index contributed by atoms with van der Waals surface area (Å²) in [6, 6.07) is 14.8. The van der Waals surface area contributed by atoms with Crippen LogP contribution in [0.1, 0.15) is 17.2 Å². The normalized spacial score (nSPS) is 14.4. The molecule has 0 aromatic heterocycles. The summed E-state index contributed by atoms with van der Waals surface area (Å²) in [4.78, 5) is 11.8. The van der Waals surface area contributed by atoms with Gasteiger partial charge in [0, 0.05) is 12.6 Å². The molecule has 0 aliphatic carbocycles. The van der Waals surface area contributed by atoms with Crippen molar-refractivity contribution in [1.29, 1.82) is 0 Å². The molecule has 2 N–H and O–H groups in total. The van der Waals surface area contributed by atoms with E-state index >= 15 is 0 Å². The Kier molecular flexibility index (Phi) is 5.13. The zero-order chi connectivity index (χ0) is 16.8. The summed E-state index contributed by atoms with van der Waals surface area (Å²) < 4.78 is 10.9. The van der Waals surface area contributed by atoms with E-state index in [1.165, 1.54) is 6.08 Å². The first-order valence-electron chi connectivity index (χ1n) is 7.81. The number of carbonyl (C=O) groups is 1. The van der Waals surface area contributed by atoms with Gasteiger partial charge in [-0.3, -0.25) is 4.79 Å². The van der Waals surface area contributed by atoms with Crippen LogP contribution >= 0.6 is 0 Å². The standard InChI is InChI=1S/C19H19NO4/c21-16(15-7-8-17-18(12-15)24-11-10-23-17)13-20-19(22)9-6-14-4-2-1-3-5-14/h1-9,12,16,21H,10-11,13H2,(H,20,22)/b9-6+. The van der Waals surface area contributed by atoms with Crippen LogP contribution in [0.15, 0.2) is 54.6 Å². The molecule has 0 spiro atoms. The largest absolute Gasteiger partial charge is 0.486 e. The van der Waals surface area contributed by atoms with Crippen molar-refractivity contribution in [1.82, 2.24) is 5.32 Å². The van der Waals surface area contributed by atoms with Crippen LogP contribution in [0.5, 0.6) is 11.5 Å². The highest BCUT2D eigenvalue weighted by atomic mass is 16.6. The molecule has 1 heterocycles. The van der Waals surface area contributed by atoms with Crippen LogP contribution in [-0.4, -0.2) is 30.8 Å². The molecule has 2 aromatic rings. The van der Waals surface area contributed by atoms with Crippen molar-refractivity contribution in [3.05, 3.63) is 65.7 Å². The van der Waals surface area contributed by atoms with Crippen molar-refractivity contribution in [2.75, 3.05) is 19.8 Å². The number of hydrogen-bond donors (Lipinski definition) is 2. The zero-order valence-electron chi connectivity index (χ0n) is 13.1. The molecule has 1 aliphatic heterocycles. The van der Waals surface area contributed by atoms with Gasteiger partial charge in [-0.2, -0.15) is 0 Å². The molecule has 0 radical (unpaired) electrons. The maximum absolute atomic E-state index is 11.8. The Morgan fingerprint density at radius 2 is 1.88 bits per heavy atom. The maximum Gasteiger partial charge on any atom is 0.244 e. The highest BCUT2D eigenvalue weighted by Gasteiger charge is 2.15. The molecule has 0 fully saturated rings. The van der Waals surface area contributed by atoms with E-state index in [0.29, 0.717) is 30.3 Å². The fourth-order valence-electron chi connectivity index (χ4n) is 2.38. The highest BCUT2D eigenvalue weighted by Crippen LogP contribution is 2.32. The van der Waals surface area contributed by atoms with Crippen molar-refractivity contribution in [2.24, 2.45) is 0 Å². The highest BCUT2D eigenvalue weighted by molar-refractivity contribution is 5.91. The van der Waals surface area contributed by atoms with Gasteiger partial charge in [0.1, 0.15) is 13.2 Å². The molecule has 5 heteroatoms. The van der Waals surface area contributed by atoms with Gasteiger partial charge in [-0.05, 0) is 29.3 Å². The monoisotopic (exact) mass is 325 g/mol. The molecule has 0 saturated heterocycles. The Hall–Kier alpha value is -2.79. The molecule has 1 amide bonds. The summed E-state index contributed by atoms with van der Waals surface area (Å²) in [5, 5.41) is 12.9. The van der Waals surface area contributed by atoms with Gasteiger partial charge in [-0.15, -0.1) is 0 Å². The summed E-state index contributed by atoms with van der Waals surface area (Å²) in [6.45, 7) is 1.14. The third kappa shape index (κ3) is 4.14. The van der Waals surface area contributed by atoms with Crippen molar-refractivity contribution in [3.63, 3.8) is 0 Å². The van der Waals surface area contributed by atoms with Gasteiger partial charge < -0.3 is 19.9 Å². The Morgan fingerprint density at radius 3 is 2.67 bits per heavy atom. The molecule has 124 valence electrons. The lowest BCUT2D eigenvalue weighted by molar-refractivity contribution is -0.116. The first-order valence-corrected chi connectivity index (χ1v) is 7.81. The van der Waals surface area contributed by atoms with Crippen molar-refractivity contribution < 1.29 is 19.4 Å². The number of nitrogens with one attached hydrogen (secondary N) is 1. The first kappa shape index (κ1) is 16.1. The second-order valence-electron chi connectivity index (χ2n) is 5.41. The molecule has 2 aromatic carbocycles. The quantitative estimate of drug-likeness (QED) is 0.828. The van der Waals surface area contributed by atoms with Crippen LogP contribution in [0.4, 0.5) is 0 Å². The number of fused-ring (bicyclic) bond motifs is 1. The van der Waals surface area contributed by atoms with Crippen LogP contribution < -0.4 is 14.8 Å². The minimum absolute atomic E-state index is 0.123. The fraction of sp³-hybridized carbons (Fsp3) is 0.211. The number of aliphatic hydroxyl groups excluding tert-OH is 1. The minimum atomic E-state index is -0.810. The van der Waals surface area contributed by atoms with E-state index in [0.717, 1.165) is 5.56 Å². The Labute approximate surface area is 140 Å². The molecule has 3 rings (SSSR count). The zero-order valence-corrected chi connectivity index (χ0v) is 13.1. The van der Waals surface area contributed by atoms with E-state index < -0.39 is 6.10 Å². The molecule has 0 bridgehead atoms. The van der Waals surface area contributed by atoms with E-state index in [-0.39, 0.29) is 12.5 Å². The third-order valence-electron chi connectivity index (χ3n) is 3.65. The predicted molar refractivity (Wildman–Crippen MR) is 90.9 cm³/mol. The summed E-state index contributed by atoms with van der Waals surface area (Å²) >= 11 is 0. The topological polar surface area (TPSA) is 67.8 Å². The van der Waals surface area contributed by atoms with Gasteiger partial charge in [-0.1, -0.05) is 36.4 Å². The van der Waals surface area contributed by atoms with Crippen molar-refractivity contribution in [3.8, 4) is 11.5 Å². The van der Waals surface area contributed by atoms with Crippen molar-refractivity contribution >= 4 is 12.0 Å². The summed E-state index contributed by atoms with van der Waals surface area (Å²) in [5.74, 6) is 1.04. The number of benzene rings is 2. The molecule has 0 saturated carbocycles. The van der Waals surface area contributed by atoms with Crippen LogP contribution in [0.25, 0.3) is 6.08 Å². The van der Waals surface area contributed by atoms with Crippen LogP contribution in [0.3, 0.4) is 0 Å². The Morgan fingerprint density at radius 1 is 1.12 bits per heavy atom. The number of carbonyl (C=O) groups excluding carboxylic acids is 1. The van der Waals surface area contributed by atoms with Gasteiger partial charge in [0.05, 0.1) is 6.10 Å². The van der Waals surface area contributed by atoms with Crippen LogP contribution in [0.2, 0.25) is 0 Å². The van der Waals surface area contributed by atoms with E-state index in [9.17, 15) is 9.90 Å². The van der Waals surface area contributed by atoms with E-state index in [2.05, 4.69) is 5.32 Å². The van der Waals surface area contributed by atoms with Crippen molar-refractivity contribution in [2.45, 2.75) is 6.10 Å². The predicted octanol–water partition coefficient (Wildman–Crippen LogP) is 2.32. The van der Waals surface area contributed by atoms with Gasteiger partial charge >= 0.3 is 0 Å². The molecular weight excluding hydrogens is 306 g/mol. The van der Waals surface area contributed by atoms with E-state index in [1.54, 1.807) is 24.3 Å². The average molecular weight is 325 g/mol. The molecule has 1 unspecified atom stereocenters. The first-order chi connectivity index (χ1) is 11.7. The number of amides is 1.